The third-order valence-corrected chi connectivity index (χ3v) is 5.58. The first kappa shape index (κ1) is 16.6. The van der Waals surface area contributed by atoms with Gasteiger partial charge in [0.15, 0.2) is 5.78 Å². The maximum Gasteiger partial charge on any atom is 0.177 e. The predicted octanol–water partition coefficient (Wildman–Crippen LogP) is 4.99. The fourth-order valence-corrected chi connectivity index (χ4v) is 4.03. The molecular weight excluding hydrogens is 333 g/mol. The molecule has 1 aromatic heterocycles. The summed E-state index contributed by atoms with van der Waals surface area (Å²) in [4.78, 5) is 16.7. The minimum absolute atomic E-state index is 0.122. The van der Waals surface area contributed by atoms with Crippen molar-refractivity contribution in [3.05, 3.63) is 45.8 Å². The highest BCUT2D eigenvalue weighted by molar-refractivity contribution is 7.15. The first-order valence-electron chi connectivity index (χ1n) is 7.79. The van der Waals surface area contributed by atoms with Crippen molar-refractivity contribution < 1.29 is 9.18 Å². The number of Topliss-reactive ketones (excluding diaryl/α,β-unsaturated/α-hetero) is 1. The topological polar surface area (TPSA) is 20.3 Å². The van der Waals surface area contributed by atoms with Crippen LogP contribution >= 0.6 is 22.9 Å². The van der Waals surface area contributed by atoms with Crippen molar-refractivity contribution in [2.24, 2.45) is 0 Å². The highest BCUT2D eigenvalue weighted by Gasteiger charge is 2.22. The molecule has 23 heavy (non-hydrogen) atoms. The number of nitrogens with zero attached hydrogens (tertiary/aromatic N) is 1. The fourth-order valence-electron chi connectivity index (χ4n) is 2.86. The number of halogens is 2. The highest BCUT2D eigenvalue weighted by Crippen LogP contribution is 2.32. The number of carbonyl (C=O) groups is 1. The molecule has 0 atom stereocenters. The van der Waals surface area contributed by atoms with Crippen LogP contribution in [-0.2, 0) is 0 Å². The maximum absolute atomic E-state index is 13.2. The van der Waals surface area contributed by atoms with Crippen molar-refractivity contribution in [1.29, 1.82) is 0 Å². The Balaban J connectivity index is 1.72. The smallest absolute Gasteiger partial charge is 0.177 e. The molecule has 2 aromatic rings. The zero-order valence-corrected chi connectivity index (χ0v) is 14.6. The average molecular weight is 352 g/mol. The molecule has 0 radical (unpaired) electrons. The lowest BCUT2D eigenvalue weighted by atomic mass is 10.1. The van der Waals surface area contributed by atoms with Gasteiger partial charge in [0.05, 0.1) is 6.54 Å². The molecule has 0 bridgehead atoms. The van der Waals surface area contributed by atoms with Crippen LogP contribution in [0.1, 0.15) is 28.1 Å². The summed E-state index contributed by atoms with van der Waals surface area (Å²) in [6.07, 6.45) is 0.360. The van der Waals surface area contributed by atoms with E-state index in [0.717, 1.165) is 20.9 Å². The Labute approximate surface area is 144 Å². The van der Waals surface area contributed by atoms with E-state index in [4.69, 9.17) is 11.6 Å². The van der Waals surface area contributed by atoms with Crippen molar-refractivity contribution in [3.8, 4) is 10.4 Å². The van der Waals surface area contributed by atoms with Crippen LogP contribution in [0, 0.1) is 6.92 Å². The number of alkyl halides is 1. The summed E-state index contributed by atoms with van der Waals surface area (Å²) in [5.41, 5.74) is 1.85. The Hall–Kier alpha value is -1.23. The van der Waals surface area contributed by atoms with E-state index < -0.39 is 6.17 Å². The van der Waals surface area contributed by atoms with Gasteiger partial charge >= 0.3 is 0 Å². The summed E-state index contributed by atoms with van der Waals surface area (Å²) < 4.78 is 13.2. The molecule has 1 aromatic carbocycles. The normalized spacial score (nSPS) is 16.7. The molecule has 0 amide bonds. The molecule has 1 saturated heterocycles. The summed E-state index contributed by atoms with van der Waals surface area (Å²) in [5, 5.41) is 0.703. The van der Waals surface area contributed by atoms with Crippen molar-refractivity contribution in [2.45, 2.75) is 25.9 Å². The molecule has 0 spiro atoms. The number of hydrogen-bond acceptors (Lipinski definition) is 3. The lowest BCUT2D eigenvalue weighted by molar-refractivity contribution is 0.0875. The van der Waals surface area contributed by atoms with Gasteiger partial charge in [0.1, 0.15) is 6.17 Å². The van der Waals surface area contributed by atoms with E-state index in [-0.39, 0.29) is 5.78 Å². The molecule has 2 heterocycles. The monoisotopic (exact) mass is 351 g/mol. The molecule has 0 saturated carbocycles. The quantitative estimate of drug-likeness (QED) is 0.723. The Morgan fingerprint density at radius 1 is 1.30 bits per heavy atom. The van der Waals surface area contributed by atoms with E-state index in [1.54, 1.807) is 11.3 Å². The molecule has 122 valence electrons. The molecule has 0 unspecified atom stereocenters. The van der Waals surface area contributed by atoms with Crippen molar-refractivity contribution >= 4 is 28.7 Å². The summed E-state index contributed by atoms with van der Waals surface area (Å²) in [6, 6.07) is 9.61. The molecule has 1 fully saturated rings. The molecule has 1 aliphatic rings. The minimum Gasteiger partial charge on any atom is -0.296 e. The van der Waals surface area contributed by atoms with E-state index in [2.05, 4.69) is 4.90 Å². The largest absolute Gasteiger partial charge is 0.296 e. The van der Waals surface area contributed by atoms with Crippen LogP contribution in [0.5, 0.6) is 0 Å². The molecule has 2 nitrogen and oxygen atoms in total. The van der Waals surface area contributed by atoms with Gasteiger partial charge in [0.25, 0.3) is 0 Å². The average Bonchev–Trinajstić information content (AvgIpc) is 2.92. The Morgan fingerprint density at radius 3 is 2.61 bits per heavy atom. The second-order valence-electron chi connectivity index (χ2n) is 5.96. The molecule has 5 heteroatoms. The summed E-state index contributed by atoms with van der Waals surface area (Å²) in [7, 11) is 0. The molecule has 0 N–H and O–H groups in total. The van der Waals surface area contributed by atoms with Gasteiger partial charge in [-0.25, -0.2) is 4.39 Å². The number of benzene rings is 1. The van der Waals surface area contributed by atoms with Gasteiger partial charge in [-0.2, -0.15) is 0 Å². The lowest BCUT2D eigenvalue weighted by Crippen LogP contribution is -2.38. The number of ketones is 1. The third-order valence-electron chi connectivity index (χ3n) is 4.23. The van der Waals surface area contributed by atoms with E-state index in [0.29, 0.717) is 37.5 Å². The van der Waals surface area contributed by atoms with Gasteiger partial charge in [0.2, 0.25) is 0 Å². The van der Waals surface area contributed by atoms with Gasteiger partial charge in [-0.15, -0.1) is 11.3 Å². The third kappa shape index (κ3) is 4.00. The SMILES string of the molecule is Cc1sc(-c2ccc(Cl)cc2)cc1C(=O)CN1CCC(F)CC1. The van der Waals surface area contributed by atoms with Crippen molar-refractivity contribution in [1.82, 2.24) is 4.90 Å². The van der Waals surface area contributed by atoms with Crippen molar-refractivity contribution in [3.63, 3.8) is 0 Å². The van der Waals surface area contributed by atoms with Gasteiger partial charge in [0, 0.05) is 33.4 Å². The minimum atomic E-state index is -0.708. The zero-order valence-electron chi connectivity index (χ0n) is 13.0. The maximum atomic E-state index is 13.2. The molecular formula is C18H19ClFNOS. The Morgan fingerprint density at radius 2 is 1.96 bits per heavy atom. The number of rotatable bonds is 4. The van der Waals surface area contributed by atoms with Crippen LogP contribution in [0.2, 0.25) is 5.02 Å². The standard InChI is InChI=1S/C18H19ClFNOS/c1-12-16(17(22)11-21-8-6-15(20)7-9-21)10-18(23-12)13-2-4-14(19)5-3-13/h2-5,10,15H,6-9,11H2,1H3. The van der Waals surface area contributed by atoms with Gasteiger partial charge in [-0.05, 0) is 43.5 Å². The highest BCUT2D eigenvalue weighted by atomic mass is 35.5. The second-order valence-corrected chi connectivity index (χ2v) is 7.65. The van der Waals surface area contributed by atoms with Gasteiger partial charge < -0.3 is 0 Å². The number of likely N-dealkylation sites (tertiary alicyclic amines) is 1. The Kier molecular flexibility index (Phi) is 5.14. The zero-order chi connectivity index (χ0) is 16.4. The van der Waals surface area contributed by atoms with Crippen LogP contribution in [0.3, 0.4) is 0 Å². The predicted molar refractivity (Wildman–Crippen MR) is 94.4 cm³/mol. The van der Waals surface area contributed by atoms with Crippen LogP contribution in [0.15, 0.2) is 30.3 Å². The number of piperidine rings is 1. The van der Waals surface area contributed by atoms with Crippen LogP contribution in [0.25, 0.3) is 10.4 Å². The molecule has 3 rings (SSSR count). The van der Waals surface area contributed by atoms with Crippen LogP contribution in [-0.4, -0.2) is 36.5 Å². The summed E-state index contributed by atoms with van der Waals surface area (Å²) in [6.45, 7) is 3.69. The summed E-state index contributed by atoms with van der Waals surface area (Å²) in [5.74, 6) is 0.122. The van der Waals surface area contributed by atoms with Crippen molar-refractivity contribution in [2.75, 3.05) is 19.6 Å². The first-order valence-corrected chi connectivity index (χ1v) is 8.98. The fraction of sp³-hybridized carbons (Fsp3) is 0.389. The molecule has 1 aliphatic heterocycles. The number of thiophene rings is 1. The van der Waals surface area contributed by atoms with E-state index in [1.165, 1.54) is 0 Å². The summed E-state index contributed by atoms with van der Waals surface area (Å²) >= 11 is 7.54. The number of aryl methyl sites for hydroxylation is 1. The van der Waals surface area contributed by atoms with E-state index in [9.17, 15) is 9.18 Å². The molecule has 0 aliphatic carbocycles. The van der Waals surface area contributed by atoms with E-state index >= 15 is 0 Å². The first-order chi connectivity index (χ1) is 11.0. The van der Waals surface area contributed by atoms with Gasteiger partial charge in [-0.3, -0.25) is 9.69 Å². The van der Waals surface area contributed by atoms with E-state index in [1.807, 2.05) is 37.3 Å². The lowest BCUT2D eigenvalue weighted by Gasteiger charge is -2.27. The second kappa shape index (κ2) is 7.12. The van der Waals surface area contributed by atoms with Crippen LogP contribution in [0.4, 0.5) is 4.39 Å². The Bertz CT molecular complexity index is 690. The number of carbonyl (C=O) groups excluding carboxylic acids is 1. The van der Waals surface area contributed by atoms with Crippen LogP contribution < -0.4 is 0 Å². The van der Waals surface area contributed by atoms with Gasteiger partial charge in [-0.1, -0.05) is 23.7 Å². The number of hydrogen-bond donors (Lipinski definition) is 0.